The lowest BCUT2D eigenvalue weighted by Crippen LogP contribution is -2.38. The van der Waals surface area contributed by atoms with E-state index in [1.165, 1.54) is 19.4 Å². The van der Waals surface area contributed by atoms with Gasteiger partial charge >= 0.3 is 0 Å². The molecule has 1 atom stereocenters. The number of aliphatic hydroxyl groups excluding tert-OH is 1. The maximum absolute atomic E-state index is 9.57. The lowest BCUT2D eigenvalue weighted by Gasteiger charge is -2.28. The average Bonchev–Trinajstić information content (AvgIpc) is 2.86. The van der Waals surface area contributed by atoms with E-state index in [1.807, 2.05) is 6.92 Å². The Morgan fingerprint density at radius 2 is 2.00 bits per heavy atom. The molecule has 0 radical (unpaired) electrons. The second kappa shape index (κ2) is 4.97. The molecule has 1 saturated carbocycles. The fraction of sp³-hybridized carbons (Fsp3) is 1.00. The molecule has 1 aliphatic rings. The highest BCUT2D eigenvalue weighted by atomic mass is 16.3. The Kier molecular flexibility index (Phi) is 4.20. The van der Waals surface area contributed by atoms with Gasteiger partial charge in [0.15, 0.2) is 0 Å². The van der Waals surface area contributed by atoms with E-state index in [-0.39, 0.29) is 6.10 Å². The van der Waals surface area contributed by atoms with Crippen LogP contribution >= 0.6 is 0 Å². The summed E-state index contributed by atoms with van der Waals surface area (Å²) in [5.41, 5.74) is 0. The summed E-state index contributed by atoms with van der Waals surface area (Å²) in [5.74, 6) is 0.923. The van der Waals surface area contributed by atoms with Crippen LogP contribution in [-0.4, -0.2) is 35.2 Å². The van der Waals surface area contributed by atoms with Crippen LogP contribution in [0.2, 0.25) is 0 Å². The summed E-state index contributed by atoms with van der Waals surface area (Å²) in [7, 11) is 0. The molecule has 0 bridgehead atoms. The van der Waals surface area contributed by atoms with E-state index in [9.17, 15) is 5.11 Å². The fourth-order valence-corrected chi connectivity index (χ4v) is 1.53. The van der Waals surface area contributed by atoms with Crippen molar-refractivity contribution in [3.63, 3.8) is 0 Å². The Labute approximate surface area is 81.9 Å². The highest BCUT2D eigenvalue weighted by Gasteiger charge is 2.26. The molecule has 0 aromatic heterocycles. The van der Waals surface area contributed by atoms with Gasteiger partial charge in [-0.05, 0) is 39.0 Å². The van der Waals surface area contributed by atoms with Gasteiger partial charge < -0.3 is 5.11 Å². The van der Waals surface area contributed by atoms with E-state index >= 15 is 0 Å². The van der Waals surface area contributed by atoms with Crippen LogP contribution in [0.15, 0.2) is 0 Å². The Morgan fingerprint density at radius 3 is 2.38 bits per heavy atom. The Bertz CT molecular complexity index is 143. The largest absolute Gasteiger partial charge is 0.392 e. The molecule has 0 saturated heterocycles. The summed E-state index contributed by atoms with van der Waals surface area (Å²) < 4.78 is 0. The lowest BCUT2D eigenvalue weighted by molar-refractivity contribution is 0.0897. The predicted octanol–water partition coefficient (Wildman–Crippen LogP) is 1.88. The van der Waals surface area contributed by atoms with Crippen LogP contribution in [0.4, 0.5) is 0 Å². The number of rotatable bonds is 6. The Balaban J connectivity index is 2.27. The molecule has 0 aliphatic heterocycles. The van der Waals surface area contributed by atoms with E-state index in [1.54, 1.807) is 0 Å². The Morgan fingerprint density at radius 1 is 1.38 bits per heavy atom. The first-order valence-electron chi connectivity index (χ1n) is 5.55. The molecule has 1 fully saturated rings. The SMILES string of the molecule is CCC(O)CN(CC1CC1)C(C)C. The second-order valence-electron chi connectivity index (χ2n) is 4.55. The summed E-state index contributed by atoms with van der Waals surface area (Å²) in [4.78, 5) is 2.41. The van der Waals surface area contributed by atoms with Gasteiger partial charge in [0.05, 0.1) is 6.10 Å². The molecular formula is C11H23NO. The predicted molar refractivity (Wildman–Crippen MR) is 55.7 cm³/mol. The number of hydrogen-bond acceptors (Lipinski definition) is 2. The molecule has 2 heteroatoms. The maximum atomic E-state index is 9.57. The van der Waals surface area contributed by atoms with Gasteiger partial charge in [-0.2, -0.15) is 0 Å². The highest BCUT2D eigenvalue weighted by Crippen LogP contribution is 2.30. The molecule has 0 heterocycles. The van der Waals surface area contributed by atoms with Crippen LogP contribution in [0.1, 0.15) is 40.0 Å². The minimum absolute atomic E-state index is 0.138. The van der Waals surface area contributed by atoms with Gasteiger partial charge in [0.25, 0.3) is 0 Å². The lowest BCUT2D eigenvalue weighted by atomic mass is 10.2. The zero-order valence-electron chi connectivity index (χ0n) is 9.16. The van der Waals surface area contributed by atoms with Gasteiger partial charge in [-0.25, -0.2) is 0 Å². The molecule has 1 aliphatic carbocycles. The maximum Gasteiger partial charge on any atom is 0.0664 e. The summed E-state index contributed by atoms with van der Waals surface area (Å²) >= 11 is 0. The van der Waals surface area contributed by atoms with Crippen molar-refractivity contribution in [1.29, 1.82) is 0 Å². The van der Waals surface area contributed by atoms with Crippen molar-refractivity contribution < 1.29 is 5.11 Å². The summed E-state index contributed by atoms with van der Waals surface area (Å²) in [6.07, 6.45) is 3.52. The van der Waals surface area contributed by atoms with E-state index < -0.39 is 0 Å². The molecule has 1 rings (SSSR count). The van der Waals surface area contributed by atoms with Gasteiger partial charge in [0.1, 0.15) is 0 Å². The molecule has 2 nitrogen and oxygen atoms in total. The topological polar surface area (TPSA) is 23.5 Å². The number of nitrogens with zero attached hydrogens (tertiary/aromatic N) is 1. The second-order valence-corrected chi connectivity index (χ2v) is 4.55. The normalized spacial score (nSPS) is 19.8. The van der Waals surface area contributed by atoms with Crippen molar-refractivity contribution in [1.82, 2.24) is 4.90 Å². The summed E-state index contributed by atoms with van der Waals surface area (Å²) in [6.45, 7) is 8.51. The smallest absolute Gasteiger partial charge is 0.0664 e. The summed E-state index contributed by atoms with van der Waals surface area (Å²) in [6, 6.07) is 0.571. The van der Waals surface area contributed by atoms with E-state index in [0.717, 1.165) is 18.9 Å². The molecule has 78 valence electrons. The fourth-order valence-electron chi connectivity index (χ4n) is 1.53. The van der Waals surface area contributed by atoms with Crippen LogP contribution in [0.25, 0.3) is 0 Å². The molecule has 0 aromatic rings. The molecular weight excluding hydrogens is 162 g/mol. The van der Waals surface area contributed by atoms with Crippen LogP contribution in [0.5, 0.6) is 0 Å². The molecule has 0 amide bonds. The zero-order chi connectivity index (χ0) is 9.84. The first kappa shape index (κ1) is 11.0. The van der Waals surface area contributed by atoms with Crippen molar-refractivity contribution in [2.45, 2.75) is 52.2 Å². The van der Waals surface area contributed by atoms with Crippen molar-refractivity contribution >= 4 is 0 Å². The number of hydrogen-bond donors (Lipinski definition) is 1. The first-order valence-corrected chi connectivity index (χ1v) is 5.55. The van der Waals surface area contributed by atoms with E-state index in [0.29, 0.717) is 6.04 Å². The molecule has 1 unspecified atom stereocenters. The quantitative estimate of drug-likeness (QED) is 0.683. The molecule has 0 aromatic carbocycles. The highest BCUT2D eigenvalue weighted by molar-refractivity contribution is 4.79. The van der Waals surface area contributed by atoms with Crippen molar-refractivity contribution in [3.8, 4) is 0 Å². The van der Waals surface area contributed by atoms with Gasteiger partial charge in [-0.15, -0.1) is 0 Å². The van der Waals surface area contributed by atoms with Gasteiger partial charge in [-0.3, -0.25) is 4.90 Å². The average molecular weight is 185 g/mol. The van der Waals surface area contributed by atoms with Gasteiger partial charge in [0.2, 0.25) is 0 Å². The van der Waals surface area contributed by atoms with Crippen molar-refractivity contribution in [3.05, 3.63) is 0 Å². The van der Waals surface area contributed by atoms with Gasteiger partial charge in [-0.1, -0.05) is 6.92 Å². The van der Waals surface area contributed by atoms with Crippen LogP contribution in [-0.2, 0) is 0 Å². The standard InChI is InChI=1S/C11H23NO/c1-4-11(13)8-12(9(2)3)7-10-5-6-10/h9-11,13H,4-8H2,1-3H3. The minimum atomic E-state index is -0.138. The van der Waals surface area contributed by atoms with Crippen molar-refractivity contribution in [2.75, 3.05) is 13.1 Å². The molecule has 1 N–H and O–H groups in total. The molecule has 13 heavy (non-hydrogen) atoms. The number of aliphatic hydroxyl groups is 1. The third kappa shape index (κ3) is 4.10. The zero-order valence-corrected chi connectivity index (χ0v) is 9.16. The first-order chi connectivity index (χ1) is 6.13. The summed E-state index contributed by atoms with van der Waals surface area (Å²) in [5, 5.41) is 9.57. The van der Waals surface area contributed by atoms with Crippen LogP contribution < -0.4 is 0 Å². The van der Waals surface area contributed by atoms with Crippen LogP contribution in [0, 0.1) is 5.92 Å². The third-order valence-corrected chi connectivity index (χ3v) is 2.84. The minimum Gasteiger partial charge on any atom is -0.392 e. The van der Waals surface area contributed by atoms with Crippen molar-refractivity contribution in [2.24, 2.45) is 5.92 Å². The van der Waals surface area contributed by atoms with Crippen LogP contribution in [0.3, 0.4) is 0 Å². The monoisotopic (exact) mass is 185 g/mol. The van der Waals surface area contributed by atoms with Gasteiger partial charge in [0, 0.05) is 19.1 Å². The third-order valence-electron chi connectivity index (χ3n) is 2.84. The Hall–Kier alpha value is -0.0800. The van der Waals surface area contributed by atoms with E-state index in [2.05, 4.69) is 18.7 Å². The van der Waals surface area contributed by atoms with E-state index in [4.69, 9.17) is 0 Å². The molecule has 0 spiro atoms.